The lowest BCUT2D eigenvalue weighted by Crippen LogP contribution is -2.33. The number of hydrogen-bond acceptors (Lipinski definition) is 10. The van der Waals surface area contributed by atoms with E-state index in [1.165, 1.54) is 11.1 Å². The van der Waals surface area contributed by atoms with Gasteiger partial charge in [0.15, 0.2) is 17.3 Å². The van der Waals surface area contributed by atoms with Gasteiger partial charge in [0, 0.05) is 29.8 Å². The molecular weight excluding hydrogens is 536 g/mol. The summed E-state index contributed by atoms with van der Waals surface area (Å²) >= 11 is 0. The third-order valence-electron chi connectivity index (χ3n) is 7.31. The summed E-state index contributed by atoms with van der Waals surface area (Å²) in [7, 11) is 3.12. The molecule has 0 saturated carbocycles. The van der Waals surface area contributed by atoms with Crippen molar-refractivity contribution in [2.75, 3.05) is 32.3 Å². The number of hydrogen-bond donors (Lipinski definition) is 2. The lowest BCUT2D eigenvalue weighted by molar-refractivity contribution is -0.140. The molecule has 2 atom stereocenters. The van der Waals surface area contributed by atoms with Crippen molar-refractivity contribution in [3.8, 4) is 11.5 Å². The molecule has 0 aliphatic carbocycles. The van der Waals surface area contributed by atoms with E-state index in [9.17, 15) is 4.79 Å². The number of ether oxygens (including phenoxy) is 4. The highest BCUT2D eigenvalue weighted by Crippen LogP contribution is 2.36. The third-order valence-corrected chi connectivity index (χ3v) is 7.31. The first kappa shape index (κ1) is 29.0. The van der Waals surface area contributed by atoms with Crippen LogP contribution in [-0.4, -0.2) is 59.8 Å². The molecular formula is C31H36N6O5. The van der Waals surface area contributed by atoms with Gasteiger partial charge in [0.1, 0.15) is 5.82 Å². The zero-order chi connectivity index (χ0) is 29.9. The number of nitrogen functional groups attached to an aromatic ring is 2. The van der Waals surface area contributed by atoms with Crippen LogP contribution in [0.1, 0.15) is 60.5 Å². The zero-order valence-corrected chi connectivity index (χ0v) is 24.2. The van der Waals surface area contributed by atoms with Gasteiger partial charge in [-0.3, -0.25) is 4.79 Å². The van der Waals surface area contributed by atoms with Crippen molar-refractivity contribution in [1.29, 1.82) is 0 Å². The van der Waals surface area contributed by atoms with Gasteiger partial charge < -0.3 is 30.4 Å². The molecule has 1 saturated heterocycles. The number of nitrogens with two attached hydrogens (primary N) is 2. The quantitative estimate of drug-likeness (QED) is 0.362. The summed E-state index contributed by atoms with van der Waals surface area (Å²) in [6.07, 6.45) is 8.29. The average molecular weight is 573 g/mol. The average Bonchev–Trinajstić information content (AvgIpc) is 3.33. The van der Waals surface area contributed by atoms with E-state index in [0.717, 1.165) is 23.1 Å². The summed E-state index contributed by atoms with van der Waals surface area (Å²) in [5.74, 6) is 0.555. The van der Waals surface area contributed by atoms with Crippen LogP contribution in [0.4, 0.5) is 11.8 Å². The molecule has 1 aromatic heterocycles. The Morgan fingerprint density at radius 1 is 1.17 bits per heavy atom. The Kier molecular flexibility index (Phi) is 8.41. The van der Waals surface area contributed by atoms with Crippen LogP contribution >= 0.6 is 0 Å². The number of carbonyl (C=O) groups is 1. The summed E-state index contributed by atoms with van der Waals surface area (Å²) < 4.78 is 23.0. The van der Waals surface area contributed by atoms with Gasteiger partial charge in [-0.1, -0.05) is 24.3 Å². The van der Waals surface area contributed by atoms with Gasteiger partial charge in [0.25, 0.3) is 5.91 Å². The second-order valence-electron chi connectivity index (χ2n) is 10.7. The summed E-state index contributed by atoms with van der Waals surface area (Å²) in [5.41, 5.74) is 16.0. The highest BCUT2D eigenvalue weighted by Gasteiger charge is 2.35. The predicted molar refractivity (Wildman–Crippen MR) is 160 cm³/mol. The molecule has 0 spiro atoms. The van der Waals surface area contributed by atoms with Crippen LogP contribution in [-0.2, 0) is 20.7 Å². The third kappa shape index (κ3) is 6.37. The fourth-order valence-corrected chi connectivity index (χ4v) is 5.31. The van der Waals surface area contributed by atoms with Crippen molar-refractivity contribution in [2.45, 2.75) is 51.0 Å². The normalized spacial score (nSPS) is 19.2. The monoisotopic (exact) mass is 572 g/mol. The van der Waals surface area contributed by atoms with Crippen LogP contribution in [0.15, 0.2) is 53.8 Å². The van der Waals surface area contributed by atoms with Gasteiger partial charge in [-0.2, -0.15) is 10.1 Å². The fraction of sp³-hybridized carbons (Fsp3) is 0.355. The molecule has 11 heteroatoms. The molecule has 1 unspecified atom stereocenters. The lowest BCUT2D eigenvalue weighted by atomic mass is 9.94. The molecule has 5 rings (SSSR count). The van der Waals surface area contributed by atoms with E-state index in [-0.39, 0.29) is 24.0 Å². The Morgan fingerprint density at radius 2 is 1.98 bits per heavy atom. The molecule has 2 aromatic carbocycles. The largest absolute Gasteiger partial charge is 0.493 e. The van der Waals surface area contributed by atoms with Gasteiger partial charge in [-0.15, -0.1) is 0 Å². The van der Waals surface area contributed by atoms with Gasteiger partial charge >= 0.3 is 0 Å². The molecule has 2 aliphatic heterocycles. The van der Waals surface area contributed by atoms with Crippen molar-refractivity contribution in [3.63, 3.8) is 0 Å². The van der Waals surface area contributed by atoms with E-state index < -0.39 is 5.79 Å². The van der Waals surface area contributed by atoms with E-state index in [1.54, 1.807) is 32.7 Å². The van der Waals surface area contributed by atoms with Gasteiger partial charge in [0.05, 0.1) is 39.2 Å². The molecule has 4 N–H and O–H groups in total. The highest BCUT2D eigenvalue weighted by molar-refractivity contribution is 5.95. The Morgan fingerprint density at radius 3 is 2.69 bits per heavy atom. The Labute approximate surface area is 245 Å². The molecule has 3 heterocycles. The van der Waals surface area contributed by atoms with Crippen LogP contribution < -0.4 is 20.9 Å². The highest BCUT2D eigenvalue weighted by atomic mass is 16.7. The van der Waals surface area contributed by atoms with Gasteiger partial charge in [-0.05, 0) is 61.6 Å². The van der Waals surface area contributed by atoms with Crippen molar-refractivity contribution >= 4 is 30.0 Å². The molecule has 0 bridgehead atoms. The molecule has 1 fully saturated rings. The van der Waals surface area contributed by atoms with Crippen molar-refractivity contribution in [3.05, 3.63) is 76.5 Å². The van der Waals surface area contributed by atoms with E-state index in [4.69, 9.17) is 30.4 Å². The number of aromatic nitrogens is 2. The lowest BCUT2D eigenvalue weighted by Gasteiger charge is -2.32. The van der Waals surface area contributed by atoms with Crippen LogP contribution in [0.25, 0.3) is 6.08 Å². The molecule has 1 amide bonds. The van der Waals surface area contributed by atoms with Crippen LogP contribution in [0, 0.1) is 0 Å². The Hall–Kier alpha value is -4.48. The number of fused-ring (bicyclic) bond motifs is 1. The van der Waals surface area contributed by atoms with E-state index in [0.29, 0.717) is 47.9 Å². The number of rotatable bonds is 9. The number of anilines is 2. The number of benzene rings is 2. The topological polar surface area (TPSA) is 147 Å². The molecule has 0 radical (unpaired) electrons. The van der Waals surface area contributed by atoms with Crippen LogP contribution in [0.2, 0.25) is 0 Å². The van der Waals surface area contributed by atoms with Gasteiger partial charge in [0.2, 0.25) is 5.95 Å². The molecule has 42 heavy (non-hydrogen) atoms. The number of methoxy groups -OCH3 is 2. The number of carbonyl (C=O) groups excluding carboxylic acids is 1. The maximum atomic E-state index is 13.6. The Bertz CT molecular complexity index is 1520. The minimum absolute atomic E-state index is 0.0504. The first-order valence-electron chi connectivity index (χ1n) is 13.7. The minimum atomic E-state index is -0.604. The number of amides is 1. The Balaban J connectivity index is 1.40. The molecule has 11 nitrogen and oxygen atoms in total. The maximum Gasteiger partial charge on any atom is 0.267 e. The minimum Gasteiger partial charge on any atom is -0.493 e. The molecule has 2 aliphatic rings. The van der Waals surface area contributed by atoms with Crippen molar-refractivity contribution in [1.82, 2.24) is 15.0 Å². The SMILES string of the molecule is COc1cc(Cc2cnc(N)nc2N)cc(C=CC(=O)N2N=Cc3ccccc3C2CC[C@@H]2COC(C)(C)O2)c1OC. The summed E-state index contributed by atoms with van der Waals surface area (Å²) in [6.45, 7) is 4.33. The maximum absolute atomic E-state index is 13.6. The standard InChI is InChI=1S/C31H36N6O5/c1-31(2)41-18-23(42-31)10-11-25-24-8-6-5-7-21(24)17-35-37(25)27(38)12-9-20-13-19(15-26(39-3)28(20)40-4)14-22-16-34-30(33)36-29(22)32/h5-9,12-13,15-17,23,25H,10-11,14,18H2,1-4H3,(H4,32,33,34,36)/t23-,25?/m1/s1. The van der Waals surface area contributed by atoms with Crippen LogP contribution in [0.3, 0.4) is 0 Å². The van der Waals surface area contributed by atoms with Crippen molar-refractivity contribution in [2.24, 2.45) is 5.10 Å². The molecule has 3 aromatic rings. The first-order valence-corrected chi connectivity index (χ1v) is 13.7. The summed E-state index contributed by atoms with van der Waals surface area (Å²) in [6, 6.07) is 11.5. The zero-order valence-electron chi connectivity index (χ0n) is 24.2. The van der Waals surface area contributed by atoms with Crippen molar-refractivity contribution < 1.29 is 23.7 Å². The number of hydrazone groups is 1. The second kappa shape index (κ2) is 12.2. The van der Waals surface area contributed by atoms with Gasteiger partial charge in [-0.25, -0.2) is 9.99 Å². The number of nitrogens with zero attached hydrogens (tertiary/aromatic N) is 4. The first-order chi connectivity index (χ1) is 20.2. The van der Waals surface area contributed by atoms with E-state index in [1.807, 2.05) is 50.2 Å². The second-order valence-corrected chi connectivity index (χ2v) is 10.7. The summed E-state index contributed by atoms with van der Waals surface area (Å²) in [4.78, 5) is 21.8. The smallest absolute Gasteiger partial charge is 0.267 e. The molecule has 220 valence electrons. The summed E-state index contributed by atoms with van der Waals surface area (Å²) in [5, 5.41) is 6.07. The van der Waals surface area contributed by atoms with E-state index in [2.05, 4.69) is 15.1 Å². The van der Waals surface area contributed by atoms with E-state index >= 15 is 0 Å². The fourth-order valence-electron chi connectivity index (χ4n) is 5.31. The van der Waals surface area contributed by atoms with Crippen LogP contribution in [0.5, 0.6) is 11.5 Å². The predicted octanol–water partition coefficient (Wildman–Crippen LogP) is 4.11.